The molecule has 0 aromatic heterocycles. The van der Waals surface area contributed by atoms with Crippen LogP contribution in [-0.2, 0) is 4.74 Å². The maximum Gasteiger partial charge on any atom is 0.410 e. The molecule has 21 heavy (non-hydrogen) atoms. The highest BCUT2D eigenvalue weighted by Crippen LogP contribution is 2.22. The zero-order valence-corrected chi connectivity index (χ0v) is 13.4. The largest absolute Gasteiger partial charge is 0.465 e. The van der Waals surface area contributed by atoms with E-state index in [4.69, 9.17) is 9.84 Å². The van der Waals surface area contributed by atoms with E-state index in [1.54, 1.807) is 34.6 Å². The van der Waals surface area contributed by atoms with Crippen LogP contribution in [0.1, 0.15) is 41.0 Å². The Labute approximate surface area is 125 Å². The number of aliphatic hydroxyl groups is 1. The van der Waals surface area contributed by atoms with Crippen molar-refractivity contribution in [3.63, 3.8) is 0 Å². The summed E-state index contributed by atoms with van der Waals surface area (Å²) in [5.41, 5.74) is -1.60. The third-order valence-electron chi connectivity index (χ3n) is 3.12. The third kappa shape index (κ3) is 5.79. The normalized spacial score (nSPS) is 20.4. The molecule has 0 aliphatic carbocycles. The zero-order chi connectivity index (χ0) is 16.4. The molecule has 7 nitrogen and oxygen atoms in total. The van der Waals surface area contributed by atoms with Crippen LogP contribution in [0.3, 0.4) is 0 Å². The van der Waals surface area contributed by atoms with Crippen molar-refractivity contribution in [2.75, 3.05) is 19.6 Å². The van der Waals surface area contributed by atoms with Crippen molar-refractivity contribution in [3.8, 4) is 0 Å². The summed E-state index contributed by atoms with van der Waals surface area (Å²) in [5.74, 6) is 0. The fraction of sp³-hybridized carbons (Fsp3) is 0.857. The molecule has 7 heteroatoms. The second-order valence-corrected chi connectivity index (χ2v) is 7.07. The van der Waals surface area contributed by atoms with E-state index >= 15 is 0 Å². The Morgan fingerprint density at radius 2 is 1.76 bits per heavy atom. The molecule has 1 aliphatic heterocycles. The van der Waals surface area contributed by atoms with Gasteiger partial charge in [0.15, 0.2) is 0 Å². The van der Waals surface area contributed by atoms with E-state index in [2.05, 4.69) is 0 Å². The van der Waals surface area contributed by atoms with E-state index in [-0.39, 0.29) is 26.1 Å². The average Bonchev–Trinajstić information content (AvgIpc) is 2.23. The maximum atomic E-state index is 12.2. The van der Waals surface area contributed by atoms with Crippen LogP contribution in [0, 0.1) is 0 Å². The summed E-state index contributed by atoms with van der Waals surface area (Å²) in [4.78, 5) is 26.1. The van der Waals surface area contributed by atoms with E-state index in [0.29, 0.717) is 0 Å². The van der Waals surface area contributed by atoms with Gasteiger partial charge in [0.05, 0.1) is 11.6 Å². The monoisotopic (exact) mass is 302 g/mol. The van der Waals surface area contributed by atoms with Gasteiger partial charge in [-0.3, -0.25) is 0 Å². The molecule has 1 saturated heterocycles. The lowest BCUT2D eigenvalue weighted by molar-refractivity contribution is -0.0210. The minimum Gasteiger partial charge on any atom is -0.465 e. The van der Waals surface area contributed by atoms with Gasteiger partial charge in [0.2, 0.25) is 0 Å². The summed E-state index contributed by atoms with van der Waals surface area (Å²) in [5, 5.41) is 19.1. The molecule has 0 spiro atoms. The van der Waals surface area contributed by atoms with Gasteiger partial charge in [-0.1, -0.05) is 0 Å². The highest BCUT2D eigenvalue weighted by atomic mass is 16.6. The van der Waals surface area contributed by atoms with E-state index in [0.717, 1.165) is 0 Å². The number of ether oxygens (including phenoxy) is 1. The Morgan fingerprint density at radius 1 is 1.19 bits per heavy atom. The maximum absolute atomic E-state index is 12.2. The number of hydrogen-bond donors (Lipinski definition) is 2. The first-order valence-corrected chi connectivity index (χ1v) is 7.09. The number of nitrogens with zero attached hydrogens (tertiary/aromatic N) is 2. The zero-order valence-electron chi connectivity index (χ0n) is 13.4. The molecule has 2 N–H and O–H groups in total. The van der Waals surface area contributed by atoms with Crippen LogP contribution in [0.25, 0.3) is 0 Å². The molecule has 1 atom stereocenters. The van der Waals surface area contributed by atoms with Gasteiger partial charge in [0.25, 0.3) is 0 Å². The fourth-order valence-corrected chi connectivity index (χ4v) is 2.34. The first-order chi connectivity index (χ1) is 9.39. The molecule has 1 unspecified atom stereocenters. The van der Waals surface area contributed by atoms with Crippen LogP contribution in [0.2, 0.25) is 0 Å². The molecule has 1 heterocycles. The van der Waals surface area contributed by atoms with Gasteiger partial charge < -0.3 is 24.7 Å². The Kier molecular flexibility index (Phi) is 5.09. The second-order valence-electron chi connectivity index (χ2n) is 7.07. The standard InChI is InChI=1S/C14H26N2O5/c1-13(2,3)21-12(19)16-7-6-15(11(17)18)9-10(16)8-14(4,5)20/h10,20H,6-9H2,1-5H3,(H,17,18). The second kappa shape index (κ2) is 6.09. The van der Waals surface area contributed by atoms with Gasteiger partial charge in [-0.2, -0.15) is 0 Å². The fourth-order valence-electron chi connectivity index (χ4n) is 2.34. The van der Waals surface area contributed by atoms with Crippen LogP contribution in [0.5, 0.6) is 0 Å². The molecule has 2 amide bonds. The number of piperazine rings is 1. The van der Waals surface area contributed by atoms with Gasteiger partial charge in [-0.05, 0) is 41.0 Å². The molecule has 0 saturated carbocycles. The predicted molar refractivity (Wildman–Crippen MR) is 77.2 cm³/mol. The van der Waals surface area contributed by atoms with Crippen molar-refractivity contribution >= 4 is 12.2 Å². The Hall–Kier alpha value is -1.50. The summed E-state index contributed by atoms with van der Waals surface area (Å²) in [6, 6.07) is -0.398. The van der Waals surface area contributed by atoms with Crippen LogP contribution in [0.4, 0.5) is 9.59 Å². The van der Waals surface area contributed by atoms with Crippen molar-refractivity contribution in [2.45, 2.75) is 58.3 Å². The van der Waals surface area contributed by atoms with Crippen molar-refractivity contribution in [2.24, 2.45) is 0 Å². The van der Waals surface area contributed by atoms with E-state index in [1.165, 1.54) is 9.80 Å². The Morgan fingerprint density at radius 3 is 2.19 bits per heavy atom. The van der Waals surface area contributed by atoms with Crippen LogP contribution in [0.15, 0.2) is 0 Å². The number of carbonyl (C=O) groups is 2. The summed E-state index contributed by atoms with van der Waals surface area (Å²) in [7, 11) is 0. The van der Waals surface area contributed by atoms with Crippen molar-refractivity contribution in [3.05, 3.63) is 0 Å². The lowest BCUT2D eigenvalue weighted by Crippen LogP contribution is -2.58. The number of rotatable bonds is 2. The topological polar surface area (TPSA) is 90.3 Å². The Balaban J connectivity index is 2.84. The van der Waals surface area contributed by atoms with Crippen molar-refractivity contribution in [1.82, 2.24) is 9.80 Å². The molecule has 0 aromatic rings. The SMILES string of the molecule is CC(C)(O)CC1CN(C(=O)O)CCN1C(=O)OC(C)(C)C. The van der Waals surface area contributed by atoms with E-state index < -0.39 is 29.4 Å². The van der Waals surface area contributed by atoms with Gasteiger partial charge in [0, 0.05) is 19.6 Å². The predicted octanol–water partition coefficient (Wildman–Crippen LogP) is 1.75. The van der Waals surface area contributed by atoms with E-state index in [9.17, 15) is 14.7 Å². The van der Waals surface area contributed by atoms with Gasteiger partial charge in [0.1, 0.15) is 5.60 Å². The number of carbonyl (C=O) groups excluding carboxylic acids is 1. The quantitative estimate of drug-likeness (QED) is 0.811. The smallest absolute Gasteiger partial charge is 0.410 e. The lowest BCUT2D eigenvalue weighted by Gasteiger charge is -2.42. The average molecular weight is 302 g/mol. The van der Waals surface area contributed by atoms with Gasteiger partial charge in [-0.15, -0.1) is 0 Å². The van der Waals surface area contributed by atoms with Crippen LogP contribution < -0.4 is 0 Å². The minimum atomic E-state index is -1.01. The van der Waals surface area contributed by atoms with Crippen LogP contribution >= 0.6 is 0 Å². The van der Waals surface area contributed by atoms with E-state index in [1.807, 2.05) is 0 Å². The first-order valence-electron chi connectivity index (χ1n) is 7.09. The first kappa shape index (κ1) is 17.6. The molecule has 122 valence electrons. The molecule has 1 aliphatic rings. The van der Waals surface area contributed by atoms with Gasteiger partial charge >= 0.3 is 12.2 Å². The number of carboxylic acid groups (broad SMARTS) is 1. The molecular formula is C14H26N2O5. The summed E-state index contributed by atoms with van der Waals surface area (Å²) in [6.45, 7) is 9.31. The minimum absolute atomic E-state index is 0.179. The summed E-state index contributed by atoms with van der Waals surface area (Å²) in [6.07, 6.45) is -1.20. The van der Waals surface area contributed by atoms with Crippen molar-refractivity contribution in [1.29, 1.82) is 0 Å². The van der Waals surface area contributed by atoms with Gasteiger partial charge in [-0.25, -0.2) is 9.59 Å². The van der Waals surface area contributed by atoms with Crippen molar-refractivity contribution < 1.29 is 24.5 Å². The highest BCUT2D eigenvalue weighted by molar-refractivity contribution is 5.70. The molecule has 0 bridgehead atoms. The highest BCUT2D eigenvalue weighted by Gasteiger charge is 2.37. The van der Waals surface area contributed by atoms with Crippen LogP contribution in [-0.4, -0.2) is 69.1 Å². The number of amides is 2. The summed E-state index contributed by atoms with van der Waals surface area (Å²) < 4.78 is 5.36. The third-order valence-corrected chi connectivity index (χ3v) is 3.12. The molecule has 1 fully saturated rings. The molecular weight excluding hydrogens is 276 g/mol. The Bertz CT molecular complexity index is 397. The molecule has 0 aromatic carbocycles. The molecule has 0 radical (unpaired) electrons. The summed E-state index contributed by atoms with van der Waals surface area (Å²) >= 11 is 0. The molecule has 1 rings (SSSR count). The number of hydrogen-bond acceptors (Lipinski definition) is 4. The lowest BCUT2D eigenvalue weighted by atomic mass is 9.96.